The maximum atomic E-state index is 11.7. The number of hydrogen-bond donors (Lipinski definition) is 2. The first kappa shape index (κ1) is 13.2. The first-order valence-corrected chi connectivity index (χ1v) is 5.74. The monoisotopic (exact) mass is 230 g/mol. The van der Waals surface area contributed by atoms with Crippen molar-refractivity contribution < 1.29 is 4.79 Å². The molecule has 0 saturated heterocycles. The van der Waals surface area contributed by atoms with Gasteiger partial charge in [-0.05, 0) is 24.6 Å². The first-order valence-electron chi connectivity index (χ1n) is 5.74. The van der Waals surface area contributed by atoms with Gasteiger partial charge in [0.05, 0.1) is 6.04 Å². The van der Waals surface area contributed by atoms with E-state index in [1.165, 1.54) is 0 Å². The van der Waals surface area contributed by atoms with Crippen LogP contribution in [0.5, 0.6) is 0 Å². The van der Waals surface area contributed by atoms with Crippen LogP contribution in [0.4, 0.5) is 0 Å². The lowest BCUT2D eigenvalue weighted by Gasteiger charge is -2.14. The van der Waals surface area contributed by atoms with Gasteiger partial charge < -0.3 is 0 Å². The van der Waals surface area contributed by atoms with Crippen LogP contribution in [0.25, 0.3) is 0 Å². The Morgan fingerprint density at radius 3 is 2.76 bits per heavy atom. The van der Waals surface area contributed by atoms with Gasteiger partial charge in [-0.15, -0.1) is 5.73 Å². The minimum absolute atomic E-state index is 0.0742. The summed E-state index contributed by atoms with van der Waals surface area (Å²) < 4.78 is 0. The van der Waals surface area contributed by atoms with Crippen molar-refractivity contribution >= 4 is 5.91 Å². The topological polar surface area (TPSA) is 41.1 Å². The lowest BCUT2D eigenvalue weighted by atomic mass is 10.2. The van der Waals surface area contributed by atoms with Gasteiger partial charge in [0.1, 0.15) is 0 Å². The molecular weight excluding hydrogens is 212 g/mol. The second-order valence-electron chi connectivity index (χ2n) is 3.73. The first-order chi connectivity index (χ1) is 8.27. The Kier molecular flexibility index (Phi) is 5.80. The highest BCUT2D eigenvalue weighted by atomic mass is 16.2. The van der Waals surface area contributed by atoms with E-state index in [4.69, 9.17) is 0 Å². The van der Waals surface area contributed by atoms with E-state index in [2.05, 4.69) is 30.1 Å². The SMILES string of the molecule is C=C=CC(CCC)NNC(=O)c1ccccc1. The number of carbonyl (C=O) groups is 1. The largest absolute Gasteiger partial charge is 0.287 e. The molecule has 0 saturated carbocycles. The number of hydrogen-bond acceptors (Lipinski definition) is 2. The Labute approximate surface area is 102 Å². The van der Waals surface area contributed by atoms with Gasteiger partial charge in [-0.1, -0.05) is 38.1 Å². The average Bonchev–Trinajstić information content (AvgIpc) is 2.37. The third-order valence-corrected chi connectivity index (χ3v) is 2.33. The third-order valence-electron chi connectivity index (χ3n) is 2.33. The van der Waals surface area contributed by atoms with Crippen LogP contribution in [0, 0.1) is 0 Å². The maximum absolute atomic E-state index is 11.7. The van der Waals surface area contributed by atoms with Crippen molar-refractivity contribution in [2.45, 2.75) is 25.8 Å². The molecule has 2 N–H and O–H groups in total. The molecule has 0 radical (unpaired) electrons. The Morgan fingerprint density at radius 1 is 1.47 bits per heavy atom. The normalized spacial score (nSPS) is 11.4. The Hall–Kier alpha value is -1.83. The molecule has 0 heterocycles. The highest BCUT2D eigenvalue weighted by molar-refractivity contribution is 5.93. The summed E-state index contributed by atoms with van der Waals surface area (Å²) in [5, 5.41) is 0. The maximum Gasteiger partial charge on any atom is 0.265 e. The van der Waals surface area contributed by atoms with E-state index in [9.17, 15) is 4.79 Å². The van der Waals surface area contributed by atoms with Crippen molar-refractivity contribution in [2.24, 2.45) is 0 Å². The molecule has 17 heavy (non-hydrogen) atoms. The molecule has 1 amide bonds. The molecule has 0 fully saturated rings. The molecule has 0 aliphatic heterocycles. The molecule has 1 unspecified atom stereocenters. The van der Waals surface area contributed by atoms with Crippen molar-refractivity contribution in [1.29, 1.82) is 0 Å². The van der Waals surface area contributed by atoms with Gasteiger partial charge >= 0.3 is 0 Å². The number of benzene rings is 1. The zero-order valence-electron chi connectivity index (χ0n) is 10.1. The molecule has 3 heteroatoms. The van der Waals surface area contributed by atoms with Crippen molar-refractivity contribution in [3.63, 3.8) is 0 Å². The standard InChI is InChI=1S/C14H18N2O/c1-3-8-13(9-4-2)15-16-14(17)12-10-6-5-7-11-12/h5-8,10-11,13,15H,1,4,9H2,2H3,(H,16,17). The number of carbonyl (C=O) groups excluding carboxylic acids is 1. The predicted molar refractivity (Wildman–Crippen MR) is 69.4 cm³/mol. The third kappa shape index (κ3) is 4.68. The Morgan fingerprint density at radius 2 is 2.18 bits per heavy atom. The summed E-state index contributed by atoms with van der Waals surface area (Å²) in [7, 11) is 0. The fourth-order valence-electron chi connectivity index (χ4n) is 1.47. The zero-order valence-corrected chi connectivity index (χ0v) is 10.1. The van der Waals surface area contributed by atoms with Gasteiger partial charge in [-0.25, -0.2) is 5.43 Å². The summed E-state index contributed by atoms with van der Waals surface area (Å²) in [5.41, 5.74) is 9.01. The average molecular weight is 230 g/mol. The Bertz CT molecular complexity index is 394. The molecule has 0 aliphatic carbocycles. The number of rotatable bonds is 6. The van der Waals surface area contributed by atoms with Crippen molar-refractivity contribution in [2.75, 3.05) is 0 Å². The van der Waals surface area contributed by atoms with Gasteiger partial charge in [0, 0.05) is 5.56 Å². The lowest BCUT2D eigenvalue weighted by Crippen LogP contribution is -2.43. The number of amides is 1. The van der Waals surface area contributed by atoms with E-state index < -0.39 is 0 Å². The summed E-state index contributed by atoms with van der Waals surface area (Å²) in [4.78, 5) is 11.7. The van der Waals surface area contributed by atoms with Crippen LogP contribution in [-0.2, 0) is 0 Å². The zero-order chi connectivity index (χ0) is 12.5. The van der Waals surface area contributed by atoms with E-state index in [0.717, 1.165) is 12.8 Å². The molecular formula is C14H18N2O. The van der Waals surface area contributed by atoms with E-state index in [1.807, 2.05) is 24.3 Å². The summed E-state index contributed by atoms with van der Waals surface area (Å²) in [5.74, 6) is -0.135. The molecule has 90 valence electrons. The lowest BCUT2D eigenvalue weighted by molar-refractivity contribution is 0.0928. The molecule has 1 aromatic carbocycles. The second-order valence-corrected chi connectivity index (χ2v) is 3.73. The number of hydrazine groups is 1. The van der Waals surface area contributed by atoms with Crippen LogP contribution in [0.3, 0.4) is 0 Å². The summed E-state index contributed by atoms with van der Waals surface area (Å²) in [6.07, 6.45) is 3.77. The van der Waals surface area contributed by atoms with Crippen molar-refractivity contribution in [1.82, 2.24) is 10.9 Å². The molecule has 0 aliphatic rings. The van der Waals surface area contributed by atoms with E-state index in [-0.39, 0.29) is 11.9 Å². The van der Waals surface area contributed by atoms with E-state index >= 15 is 0 Å². The van der Waals surface area contributed by atoms with Crippen LogP contribution >= 0.6 is 0 Å². The minimum atomic E-state index is -0.135. The second kappa shape index (κ2) is 7.44. The Balaban J connectivity index is 2.49. The molecule has 0 spiro atoms. The minimum Gasteiger partial charge on any atom is -0.287 e. The van der Waals surface area contributed by atoms with Gasteiger partial charge in [-0.3, -0.25) is 10.2 Å². The smallest absolute Gasteiger partial charge is 0.265 e. The summed E-state index contributed by atoms with van der Waals surface area (Å²) in [6, 6.07) is 9.17. The van der Waals surface area contributed by atoms with Gasteiger partial charge in [0.2, 0.25) is 0 Å². The van der Waals surface area contributed by atoms with Crippen molar-refractivity contribution in [3.8, 4) is 0 Å². The van der Waals surface area contributed by atoms with E-state index in [1.54, 1.807) is 12.1 Å². The molecule has 3 nitrogen and oxygen atoms in total. The fourth-order valence-corrected chi connectivity index (χ4v) is 1.47. The quantitative estimate of drug-likeness (QED) is 0.582. The number of nitrogens with one attached hydrogen (secondary N) is 2. The molecule has 1 atom stereocenters. The van der Waals surface area contributed by atoms with Crippen LogP contribution in [0.15, 0.2) is 48.7 Å². The van der Waals surface area contributed by atoms with Gasteiger partial charge in [0.25, 0.3) is 5.91 Å². The van der Waals surface area contributed by atoms with Crippen LogP contribution < -0.4 is 10.9 Å². The highest BCUT2D eigenvalue weighted by Crippen LogP contribution is 1.99. The highest BCUT2D eigenvalue weighted by Gasteiger charge is 2.06. The molecule has 0 aromatic heterocycles. The van der Waals surface area contributed by atoms with E-state index in [0.29, 0.717) is 5.56 Å². The van der Waals surface area contributed by atoms with Crippen LogP contribution in [0.2, 0.25) is 0 Å². The molecule has 0 bridgehead atoms. The van der Waals surface area contributed by atoms with Crippen LogP contribution in [-0.4, -0.2) is 11.9 Å². The molecule has 1 rings (SSSR count). The summed E-state index contributed by atoms with van der Waals surface area (Å²) >= 11 is 0. The van der Waals surface area contributed by atoms with Gasteiger partial charge in [0.15, 0.2) is 0 Å². The molecule has 1 aromatic rings. The van der Waals surface area contributed by atoms with Crippen LogP contribution in [0.1, 0.15) is 30.1 Å². The van der Waals surface area contributed by atoms with Crippen molar-refractivity contribution in [3.05, 3.63) is 54.3 Å². The van der Waals surface area contributed by atoms with Gasteiger partial charge in [-0.2, -0.15) is 0 Å². The predicted octanol–water partition coefficient (Wildman–Crippen LogP) is 2.43. The fraction of sp³-hybridized carbons (Fsp3) is 0.286. The summed E-state index contributed by atoms with van der Waals surface area (Å²) in [6.45, 7) is 5.62.